The number of anilines is 4. The van der Waals surface area contributed by atoms with Crippen LogP contribution in [0.2, 0.25) is 0 Å². The van der Waals surface area contributed by atoms with Gasteiger partial charge in [-0.3, -0.25) is 9.71 Å². The van der Waals surface area contributed by atoms with Crippen molar-refractivity contribution in [3.63, 3.8) is 0 Å². The highest BCUT2D eigenvalue weighted by atomic mass is 32.2. The number of hydrogen-bond acceptors (Lipinski definition) is 7. The molecule has 0 amide bonds. The molecule has 0 aliphatic heterocycles. The topological polar surface area (TPSA) is 109 Å². The first-order chi connectivity index (χ1) is 15.1. The molecule has 0 aliphatic rings. The average molecular weight is 466 g/mol. The molecule has 2 heterocycles. The second-order valence-electron chi connectivity index (χ2n) is 6.79. The predicted molar refractivity (Wildman–Crippen MR) is 116 cm³/mol. The van der Waals surface area contributed by atoms with E-state index in [4.69, 9.17) is 0 Å². The van der Waals surface area contributed by atoms with E-state index >= 15 is 0 Å². The molecule has 0 fully saturated rings. The molecule has 0 bridgehead atoms. The van der Waals surface area contributed by atoms with Gasteiger partial charge in [-0.15, -0.1) is 0 Å². The lowest BCUT2D eigenvalue weighted by Gasteiger charge is -2.16. The fraction of sp³-hybridized carbons (Fsp3) is 0.250. The van der Waals surface area contributed by atoms with Crippen molar-refractivity contribution < 1.29 is 21.6 Å². The second-order valence-corrected chi connectivity index (χ2v) is 8.80. The van der Waals surface area contributed by atoms with Crippen LogP contribution in [-0.4, -0.2) is 29.1 Å². The van der Waals surface area contributed by atoms with Gasteiger partial charge >= 0.3 is 6.18 Å². The third kappa shape index (κ3) is 6.06. The van der Waals surface area contributed by atoms with E-state index in [0.29, 0.717) is 23.1 Å². The molecule has 170 valence electrons. The molecule has 3 rings (SSSR count). The van der Waals surface area contributed by atoms with E-state index in [9.17, 15) is 21.6 Å². The first kappa shape index (κ1) is 23.3. The zero-order valence-electron chi connectivity index (χ0n) is 17.2. The first-order valence-corrected chi connectivity index (χ1v) is 11.2. The number of hydrogen-bond donors (Lipinski definition) is 3. The number of aryl methyl sites for hydroxylation is 1. The first-order valence-electron chi connectivity index (χ1n) is 9.53. The molecule has 0 atom stereocenters. The monoisotopic (exact) mass is 466 g/mol. The number of sulfonamides is 1. The number of aromatic nitrogens is 3. The number of alkyl halides is 3. The van der Waals surface area contributed by atoms with Crippen molar-refractivity contribution in [2.24, 2.45) is 0 Å². The Bertz CT molecular complexity index is 1190. The van der Waals surface area contributed by atoms with Crippen molar-refractivity contribution >= 4 is 33.2 Å². The zero-order valence-corrected chi connectivity index (χ0v) is 18.0. The second kappa shape index (κ2) is 9.39. The maximum Gasteiger partial charge on any atom is 0.421 e. The molecule has 32 heavy (non-hydrogen) atoms. The number of nitrogens with one attached hydrogen (secondary N) is 3. The molecular formula is C20H21F3N6O2S. The maximum atomic E-state index is 13.5. The van der Waals surface area contributed by atoms with Gasteiger partial charge in [-0.25, -0.2) is 13.4 Å². The van der Waals surface area contributed by atoms with Gasteiger partial charge in [0.25, 0.3) is 0 Å². The number of para-hydroxylation sites is 1. The van der Waals surface area contributed by atoms with Gasteiger partial charge in [0.15, 0.2) is 0 Å². The van der Waals surface area contributed by atoms with Crippen LogP contribution in [-0.2, 0) is 22.7 Å². The molecule has 0 unspecified atom stereocenters. The van der Waals surface area contributed by atoms with E-state index in [1.807, 2.05) is 0 Å². The molecule has 0 spiro atoms. The summed E-state index contributed by atoms with van der Waals surface area (Å²) >= 11 is 0. The summed E-state index contributed by atoms with van der Waals surface area (Å²) in [6.45, 7) is 3.00. The highest BCUT2D eigenvalue weighted by Gasteiger charge is 2.35. The normalized spacial score (nSPS) is 11.8. The van der Waals surface area contributed by atoms with Gasteiger partial charge in [0.1, 0.15) is 11.4 Å². The Kier molecular flexibility index (Phi) is 6.82. The Morgan fingerprint density at radius 3 is 2.44 bits per heavy atom. The summed E-state index contributed by atoms with van der Waals surface area (Å²) in [5.74, 6) is -0.628. The molecule has 3 aromatic rings. The quantitative estimate of drug-likeness (QED) is 0.454. The van der Waals surface area contributed by atoms with Crippen LogP contribution in [0.3, 0.4) is 0 Å². The molecule has 0 aliphatic carbocycles. The van der Waals surface area contributed by atoms with Crippen molar-refractivity contribution in [3.05, 3.63) is 65.6 Å². The van der Waals surface area contributed by atoms with Crippen LogP contribution < -0.4 is 15.4 Å². The molecule has 3 N–H and O–H groups in total. The maximum absolute atomic E-state index is 13.5. The smallest absolute Gasteiger partial charge is 0.365 e. The van der Waals surface area contributed by atoms with Gasteiger partial charge in [-0.1, -0.05) is 18.2 Å². The van der Waals surface area contributed by atoms with E-state index in [0.717, 1.165) is 0 Å². The van der Waals surface area contributed by atoms with Crippen LogP contribution in [0.5, 0.6) is 0 Å². The van der Waals surface area contributed by atoms with Crippen molar-refractivity contribution in [2.45, 2.75) is 26.6 Å². The Morgan fingerprint density at radius 2 is 1.78 bits per heavy atom. The van der Waals surface area contributed by atoms with E-state index < -0.39 is 27.6 Å². The number of halogens is 3. The number of pyridine rings is 1. The van der Waals surface area contributed by atoms with E-state index in [2.05, 4.69) is 30.3 Å². The molecule has 12 heteroatoms. The zero-order chi connectivity index (χ0) is 23.4. The Hall–Kier alpha value is -3.41. The Labute approximate surface area is 183 Å². The largest absolute Gasteiger partial charge is 0.421 e. The number of rotatable bonds is 8. The summed E-state index contributed by atoms with van der Waals surface area (Å²) in [4.78, 5) is 11.8. The van der Waals surface area contributed by atoms with Crippen LogP contribution in [0, 0.1) is 6.92 Å². The Morgan fingerprint density at radius 1 is 1.06 bits per heavy atom. The van der Waals surface area contributed by atoms with Gasteiger partial charge in [0.2, 0.25) is 16.0 Å². The lowest BCUT2D eigenvalue weighted by Crippen LogP contribution is -2.18. The van der Waals surface area contributed by atoms with Gasteiger partial charge in [-0.05, 0) is 32.0 Å². The van der Waals surface area contributed by atoms with Crippen molar-refractivity contribution in [1.29, 1.82) is 0 Å². The summed E-state index contributed by atoms with van der Waals surface area (Å²) in [7, 11) is -3.59. The van der Waals surface area contributed by atoms with E-state index in [1.165, 1.54) is 19.2 Å². The van der Waals surface area contributed by atoms with E-state index in [1.54, 1.807) is 37.3 Å². The minimum atomic E-state index is -4.69. The van der Waals surface area contributed by atoms with Crippen LogP contribution in [0.4, 0.5) is 36.3 Å². The third-order valence-corrected chi connectivity index (χ3v) is 5.63. The average Bonchev–Trinajstić information content (AvgIpc) is 2.73. The highest BCUT2D eigenvalue weighted by Crippen LogP contribution is 2.34. The van der Waals surface area contributed by atoms with Gasteiger partial charge in [0, 0.05) is 35.9 Å². The minimum absolute atomic E-state index is 0.0272. The SMILES string of the molecule is CCS(=O)(=O)Nc1cc(C)ncc1CNc1nc(Nc2ccccc2)ncc1C(F)(F)F. The fourth-order valence-electron chi connectivity index (χ4n) is 2.68. The Balaban J connectivity index is 1.90. The summed E-state index contributed by atoms with van der Waals surface area (Å²) in [6, 6.07) is 10.3. The lowest BCUT2D eigenvalue weighted by molar-refractivity contribution is -0.137. The molecule has 0 saturated heterocycles. The summed E-state index contributed by atoms with van der Waals surface area (Å²) < 4.78 is 66.9. The van der Waals surface area contributed by atoms with Crippen LogP contribution in [0.1, 0.15) is 23.7 Å². The van der Waals surface area contributed by atoms with Crippen molar-refractivity contribution in [2.75, 3.05) is 21.1 Å². The highest BCUT2D eigenvalue weighted by molar-refractivity contribution is 7.92. The standard InChI is InChI=1S/C20H21F3N6O2S/c1-3-32(30,31)29-17-9-13(2)24-10-14(17)11-25-18-16(20(21,22)23)12-26-19(28-18)27-15-7-5-4-6-8-15/h4-10,12H,3,11H2,1-2H3,(H,24,29)(H2,25,26,27,28). The molecule has 2 aromatic heterocycles. The summed E-state index contributed by atoms with van der Waals surface area (Å²) in [5, 5.41) is 5.49. The van der Waals surface area contributed by atoms with Crippen molar-refractivity contribution in [1.82, 2.24) is 15.0 Å². The third-order valence-electron chi connectivity index (χ3n) is 4.34. The van der Waals surface area contributed by atoms with E-state index in [-0.39, 0.29) is 23.9 Å². The predicted octanol–water partition coefficient (Wildman–Crippen LogP) is 4.32. The fourth-order valence-corrected chi connectivity index (χ4v) is 3.35. The molecule has 8 nitrogen and oxygen atoms in total. The molecule has 0 saturated carbocycles. The van der Waals surface area contributed by atoms with Crippen LogP contribution in [0.25, 0.3) is 0 Å². The van der Waals surface area contributed by atoms with Crippen molar-refractivity contribution in [3.8, 4) is 0 Å². The minimum Gasteiger partial charge on any atom is -0.365 e. The van der Waals surface area contributed by atoms with Crippen LogP contribution >= 0.6 is 0 Å². The molecule has 1 aromatic carbocycles. The van der Waals surface area contributed by atoms with Crippen LogP contribution in [0.15, 0.2) is 48.8 Å². The summed E-state index contributed by atoms with van der Waals surface area (Å²) in [6.07, 6.45) is -2.60. The van der Waals surface area contributed by atoms with Gasteiger partial charge in [-0.2, -0.15) is 18.2 Å². The molecular weight excluding hydrogens is 445 g/mol. The summed E-state index contributed by atoms with van der Waals surface area (Å²) in [5.41, 5.74) is 0.702. The lowest BCUT2D eigenvalue weighted by atomic mass is 10.2. The number of benzene rings is 1. The van der Waals surface area contributed by atoms with Gasteiger partial charge < -0.3 is 10.6 Å². The van der Waals surface area contributed by atoms with Gasteiger partial charge in [0.05, 0.1) is 11.4 Å². The molecule has 0 radical (unpaired) electrons. The number of nitrogens with zero attached hydrogens (tertiary/aromatic N) is 3.